The molecule has 1 fully saturated rings. The summed E-state index contributed by atoms with van der Waals surface area (Å²) >= 11 is 2.40. The van der Waals surface area contributed by atoms with Crippen molar-refractivity contribution in [2.45, 2.75) is 122 Å². The van der Waals surface area contributed by atoms with Crippen molar-refractivity contribution in [3.63, 3.8) is 0 Å². The minimum Gasteiger partial charge on any atom is -0.508 e. The molecular weight excluding hydrogens is 963 g/mol. The van der Waals surface area contributed by atoms with Crippen molar-refractivity contribution in [3.05, 3.63) is 52.2 Å². The largest absolute Gasteiger partial charge is 0.508 e. The van der Waals surface area contributed by atoms with Gasteiger partial charge in [-0.05, 0) is 66.0 Å². The van der Waals surface area contributed by atoms with Crippen molar-refractivity contribution in [3.8, 4) is 5.75 Å². The first-order chi connectivity index (χ1) is 33.6. The number of nitrogens with zero attached hydrogens (tertiary/aromatic N) is 1. The van der Waals surface area contributed by atoms with Gasteiger partial charge in [0.2, 0.25) is 64.5 Å². The van der Waals surface area contributed by atoms with E-state index in [2.05, 4.69) is 37.5 Å². The molecule has 390 valence electrons. The molecule has 3 rings (SSSR count). The van der Waals surface area contributed by atoms with Crippen LogP contribution < -0.4 is 54.9 Å². The van der Waals surface area contributed by atoms with Crippen LogP contribution in [0.5, 0.6) is 5.75 Å². The lowest BCUT2D eigenvalue weighted by molar-refractivity contribution is -0.141. The maximum Gasteiger partial charge on any atom is 0.246 e. The van der Waals surface area contributed by atoms with E-state index in [9.17, 15) is 57.8 Å². The summed E-state index contributed by atoms with van der Waals surface area (Å²) < 4.78 is 0. The lowest BCUT2D eigenvalue weighted by Gasteiger charge is -2.30. The second-order valence-electron chi connectivity index (χ2n) is 17.6. The molecule has 71 heavy (non-hydrogen) atoms. The van der Waals surface area contributed by atoms with E-state index in [1.807, 2.05) is 0 Å². The summed E-state index contributed by atoms with van der Waals surface area (Å²) in [7, 11) is 0. The van der Waals surface area contributed by atoms with Crippen LogP contribution in [0.25, 0.3) is 0 Å². The first kappa shape index (κ1) is 59.2. The number of Topliss-reactive ketones (excluding diaryl/α,β-unsaturated/α-hetero) is 4. The number of phenolic OH excluding ortho intramolecular Hbond substituents is 1. The number of hydrazine groups is 2. The molecule has 1 aliphatic heterocycles. The molecule has 0 bridgehead atoms. The van der Waals surface area contributed by atoms with Crippen molar-refractivity contribution in [2.24, 2.45) is 29.1 Å². The standard InChI is InChI=1S/C46H67N11O12S2/c1-5-26(4)40-43(66)42(65)32(19-27-10-12-28(58)13-11-27)51-38(62)9-7-16-70-24-34(54-45(68)33(20-37(48)61)53-44(67)30(55-56-40)14-15-36(47)60)46(69)57(22-29-8-6-17-71-29)23-39(63)52-31(18-25(2)3)41(64)35(59)21-50-49/h6,8,10-13,17,25-26,30-34,40,50,55-56,58H,5,7,9,14-16,18-24,49H2,1-4H3,(H2,47,60)(H2,48,61)(H,51,62)(H,52,63)(H,53,67)(H,54,68)/t26-,30-,31-,32-,33-,34-,40?/m0/s1. The Morgan fingerprint density at radius 1 is 0.873 bits per heavy atom. The van der Waals surface area contributed by atoms with E-state index in [0.717, 1.165) is 16.7 Å². The average molecular weight is 1030 g/mol. The van der Waals surface area contributed by atoms with Gasteiger partial charge >= 0.3 is 0 Å². The van der Waals surface area contributed by atoms with Crippen LogP contribution in [0.3, 0.4) is 0 Å². The highest BCUT2D eigenvalue weighted by Gasteiger charge is 2.38. The summed E-state index contributed by atoms with van der Waals surface area (Å²) in [5.41, 5.74) is 19.1. The minimum absolute atomic E-state index is 0.0457. The molecule has 1 unspecified atom stereocenters. The zero-order chi connectivity index (χ0) is 52.8. The Balaban J connectivity index is 2.08. The number of hydrogen-bond donors (Lipinski definition) is 11. The third-order valence-corrected chi connectivity index (χ3v) is 13.3. The molecule has 0 saturated carbocycles. The van der Waals surface area contributed by atoms with Gasteiger partial charge in [-0.25, -0.2) is 10.9 Å². The van der Waals surface area contributed by atoms with Crippen LogP contribution >= 0.6 is 23.1 Å². The number of thioether (sulfide) groups is 1. The summed E-state index contributed by atoms with van der Waals surface area (Å²) in [4.78, 5) is 150. The molecule has 1 aromatic carbocycles. The van der Waals surface area contributed by atoms with Crippen molar-refractivity contribution in [1.29, 1.82) is 0 Å². The lowest BCUT2D eigenvalue weighted by atomic mass is 9.90. The maximum absolute atomic E-state index is 14.7. The highest BCUT2D eigenvalue weighted by atomic mass is 32.2. The maximum atomic E-state index is 14.7. The summed E-state index contributed by atoms with van der Waals surface area (Å²) in [5.74, 6) is -5.20. The Hall–Kier alpha value is -6.12. The Bertz CT molecular complexity index is 2200. The van der Waals surface area contributed by atoms with Gasteiger partial charge in [-0.2, -0.15) is 11.8 Å². The number of benzene rings is 1. The number of amides is 7. The van der Waals surface area contributed by atoms with Gasteiger partial charge in [0.05, 0.1) is 44.2 Å². The Labute approximate surface area is 420 Å². The molecule has 14 N–H and O–H groups in total. The Morgan fingerprint density at radius 3 is 2.17 bits per heavy atom. The quantitative estimate of drug-likeness (QED) is 0.0377. The first-order valence-electron chi connectivity index (χ1n) is 23.2. The third kappa shape index (κ3) is 20.3. The molecule has 7 atom stereocenters. The van der Waals surface area contributed by atoms with E-state index >= 15 is 0 Å². The highest BCUT2D eigenvalue weighted by molar-refractivity contribution is 7.99. The van der Waals surface area contributed by atoms with E-state index in [-0.39, 0.29) is 68.2 Å². The number of carbonyl (C=O) groups is 11. The molecule has 25 heteroatoms. The van der Waals surface area contributed by atoms with Crippen LogP contribution in [0, 0.1) is 11.8 Å². The van der Waals surface area contributed by atoms with Crippen molar-refractivity contribution in [1.82, 2.24) is 42.4 Å². The normalized spacial score (nSPS) is 20.9. The monoisotopic (exact) mass is 1030 g/mol. The van der Waals surface area contributed by atoms with Gasteiger partial charge < -0.3 is 42.7 Å². The molecule has 2 aromatic rings. The smallest absolute Gasteiger partial charge is 0.246 e. The van der Waals surface area contributed by atoms with Crippen molar-refractivity contribution in [2.75, 3.05) is 24.6 Å². The third-order valence-electron chi connectivity index (χ3n) is 11.3. The van der Waals surface area contributed by atoms with Crippen molar-refractivity contribution >= 4 is 87.6 Å². The number of thiophene rings is 1. The van der Waals surface area contributed by atoms with Gasteiger partial charge in [-0.3, -0.25) is 64.0 Å². The zero-order valence-electron chi connectivity index (χ0n) is 40.3. The van der Waals surface area contributed by atoms with Crippen LogP contribution in [0.4, 0.5) is 0 Å². The molecular formula is C46H67N11O12S2. The summed E-state index contributed by atoms with van der Waals surface area (Å²) in [6.45, 7) is 5.72. The Kier molecular flexibility index (Phi) is 24.9. The van der Waals surface area contributed by atoms with E-state index in [1.165, 1.54) is 35.6 Å². The fraction of sp³-hybridized carbons (Fsp3) is 0.543. The minimum atomic E-state index is -1.72. The van der Waals surface area contributed by atoms with Gasteiger partial charge in [0, 0.05) is 29.9 Å². The number of nitrogens with one attached hydrogen (secondary N) is 7. The number of hydrogen-bond acceptors (Lipinski definition) is 18. The molecule has 1 aliphatic rings. The van der Waals surface area contributed by atoms with E-state index in [4.69, 9.17) is 17.3 Å². The molecule has 0 radical (unpaired) electrons. The summed E-state index contributed by atoms with van der Waals surface area (Å²) in [5, 5.41) is 21.9. The SMILES string of the molecule is CC[C@H](C)C1NN[C@@H](CCC(N)=O)C(=O)N[C@@H](CC(N)=O)C(=O)N[C@H](C(=O)N(CC(=O)N[C@@H](CC(C)C)C(=O)C(=O)CNN)Cc2cccs2)CSCCCC(=O)N[C@@H](Cc2ccc(O)cc2)C(=O)C1=O. The Morgan fingerprint density at radius 2 is 1.56 bits per heavy atom. The lowest BCUT2D eigenvalue weighted by Crippen LogP contribution is -2.62. The topological polar surface area (TPSA) is 374 Å². The van der Waals surface area contributed by atoms with Crippen LogP contribution in [0.1, 0.15) is 83.1 Å². The van der Waals surface area contributed by atoms with Crippen LogP contribution in [-0.4, -0.2) is 135 Å². The van der Waals surface area contributed by atoms with Gasteiger partial charge in [-0.1, -0.05) is 52.3 Å². The number of phenols is 1. The second-order valence-corrected chi connectivity index (χ2v) is 19.8. The predicted molar refractivity (Wildman–Crippen MR) is 263 cm³/mol. The number of rotatable bonds is 21. The van der Waals surface area contributed by atoms with Crippen molar-refractivity contribution < 1.29 is 57.8 Å². The van der Waals surface area contributed by atoms with E-state index in [1.54, 1.807) is 45.2 Å². The number of primary amides is 2. The fourth-order valence-corrected chi connectivity index (χ4v) is 8.99. The van der Waals surface area contributed by atoms with Gasteiger partial charge in [0.15, 0.2) is 0 Å². The van der Waals surface area contributed by atoms with Crippen LogP contribution in [-0.2, 0) is 65.7 Å². The summed E-state index contributed by atoms with van der Waals surface area (Å²) in [6, 6.07) is 0.731. The summed E-state index contributed by atoms with van der Waals surface area (Å²) in [6.07, 6.45) is -1.11. The van der Waals surface area contributed by atoms with Gasteiger partial charge in [0.25, 0.3) is 0 Å². The fourth-order valence-electron chi connectivity index (χ4n) is 7.30. The van der Waals surface area contributed by atoms with Crippen LogP contribution in [0.15, 0.2) is 41.8 Å². The van der Waals surface area contributed by atoms with Gasteiger partial charge in [0.1, 0.15) is 23.9 Å². The molecule has 1 aromatic heterocycles. The highest BCUT2D eigenvalue weighted by Crippen LogP contribution is 2.18. The zero-order valence-corrected chi connectivity index (χ0v) is 41.9. The molecule has 2 heterocycles. The van der Waals surface area contributed by atoms with E-state index < -0.39 is 126 Å². The second kappa shape index (κ2) is 29.9. The van der Waals surface area contributed by atoms with Gasteiger partial charge in [-0.15, -0.1) is 11.3 Å². The average Bonchev–Trinajstić information content (AvgIpc) is 3.83. The number of ketones is 4. The molecule has 23 nitrogen and oxygen atoms in total. The molecule has 0 aliphatic carbocycles. The number of carbonyl (C=O) groups excluding carboxylic acids is 11. The predicted octanol–water partition coefficient (Wildman–Crippen LogP) is -1.70. The number of aromatic hydroxyl groups is 1. The molecule has 7 amide bonds. The van der Waals surface area contributed by atoms with Crippen LogP contribution in [0.2, 0.25) is 0 Å². The molecule has 1 saturated heterocycles. The van der Waals surface area contributed by atoms with E-state index in [0.29, 0.717) is 16.9 Å². The molecule has 0 spiro atoms. The first-order valence-corrected chi connectivity index (χ1v) is 25.2. The number of nitrogens with two attached hydrogens (primary N) is 3.